The van der Waals surface area contributed by atoms with E-state index < -0.39 is 0 Å². The number of anilines is 2. The second-order valence-electron chi connectivity index (χ2n) is 4.49. The molecular weight excluding hydrogens is 372 g/mol. The molecule has 110 valence electrons. The molecule has 0 aliphatic carbocycles. The minimum Gasteiger partial charge on any atom is -0.399 e. The molecule has 0 atom stereocenters. The molecule has 0 radical (unpaired) electrons. The lowest BCUT2D eigenvalue weighted by Crippen LogP contribution is -2.14. The fourth-order valence-corrected chi connectivity index (χ4v) is 3.02. The number of hydrogen-bond donors (Lipinski definition) is 2. The van der Waals surface area contributed by atoms with Gasteiger partial charge in [-0.1, -0.05) is 27.5 Å². The van der Waals surface area contributed by atoms with Crippen LogP contribution in [0.2, 0.25) is 5.02 Å². The number of thioether (sulfide) groups is 1. The van der Waals surface area contributed by atoms with Crippen LogP contribution >= 0.6 is 39.3 Å². The predicted octanol–water partition coefficient (Wildman–Crippen LogP) is 4.72. The molecule has 0 unspecified atom stereocenters. The summed E-state index contributed by atoms with van der Waals surface area (Å²) >= 11 is 10.9. The number of carbonyl (C=O) groups is 1. The second kappa shape index (κ2) is 7.20. The zero-order valence-electron chi connectivity index (χ0n) is 11.3. The van der Waals surface area contributed by atoms with Crippen LogP contribution in [0.5, 0.6) is 0 Å². The normalized spacial score (nSPS) is 10.4. The molecule has 0 aliphatic heterocycles. The van der Waals surface area contributed by atoms with Crippen molar-refractivity contribution in [3.05, 3.63) is 51.5 Å². The first kappa shape index (κ1) is 16.2. The van der Waals surface area contributed by atoms with Gasteiger partial charge in [-0.2, -0.15) is 0 Å². The third-order valence-electron chi connectivity index (χ3n) is 2.76. The molecule has 21 heavy (non-hydrogen) atoms. The van der Waals surface area contributed by atoms with Crippen molar-refractivity contribution in [2.75, 3.05) is 16.8 Å². The van der Waals surface area contributed by atoms with Crippen molar-refractivity contribution in [2.45, 2.75) is 11.8 Å². The summed E-state index contributed by atoms with van der Waals surface area (Å²) in [5.74, 6) is 0.216. The molecule has 1 amide bonds. The van der Waals surface area contributed by atoms with Gasteiger partial charge in [0.05, 0.1) is 10.8 Å². The topological polar surface area (TPSA) is 55.1 Å². The van der Waals surface area contributed by atoms with Gasteiger partial charge in [0, 0.05) is 20.7 Å². The van der Waals surface area contributed by atoms with Crippen LogP contribution in [-0.2, 0) is 4.79 Å². The summed E-state index contributed by atoms with van der Waals surface area (Å²) in [6.07, 6.45) is 0. The molecule has 0 aromatic heterocycles. The summed E-state index contributed by atoms with van der Waals surface area (Å²) < 4.78 is 1.02. The Hall–Kier alpha value is -1.17. The van der Waals surface area contributed by atoms with Crippen molar-refractivity contribution in [3.8, 4) is 0 Å². The molecule has 0 saturated carbocycles. The van der Waals surface area contributed by atoms with E-state index in [4.69, 9.17) is 17.3 Å². The van der Waals surface area contributed by atoms with Crippen LogP contribution < -0.4 is 11.1 Å². The molecule has 0 aliphatic rings. The van der Waals surface area contributed by atoms with Crippen LogP contribution in [0.3, 0.4) is 0 Å². The quantitative estimate of drug-likeness (QED) is 0.591. The fraction of sp³-hybridized carbons (Fsp3) is 0.133. The summed E-state index contributed by atoms with van der Waals surface area (Å²) in [6, 6.07) is 11.0. The van der Waals surface area contributed by atoms with Crippen molar-refractivity contribution in [3.63, 3.8) is 0 Å². The molecule has 3 N–H and O–H groups in total. The molecule has 6 heteroatoms. The zero-order chi connectivity index (χ0) is 15.4. The van der Waals surface area contributed by atoms with Gasteiger partial charge in [0.1, 0.15) is 0 Å². The number of nitrogens with one attached hydrogen (secondary N) is 1. The number of halogens is 2. The molecule has 2 aromatic carbocycles. The smallest absolute Gasteiger partial charge is 0.234 e. The first-order valence-corrected chi connectivity index (χ1v) is 8.35. The Morgan fingerprint density at radius 1 is 1.33 bits per heavy atom. The first-order valence-electron chi connectivity index (χ1n) is 6.19. The molecule has 0 heterocycles. The molecule has 2 rings (SSSR count). The fourth-order valence-electron chi connectivity index (χ4n) is 1.70. The Morgan fingerprint density at radius 2 is 2.10 bits per heavy atom. The minimum atomic E-state index is -0.0744. The summed E-state index contributed by atoms with van der Waals surface area (Å²) in [6.45, 7) is 1.97. The zero-order valence-corrected chi connectivity index (χ0v) is 14.5. The molecule has 2 aromatic rings. The largest absolute Gasteiger partial charge is 0.399 e. The van der Waals surface area contributed by atoms with Crippen LogP contribution in [0, 0.1) is 6.92 Å². The maximum absolute atomic E-state index is 11.9. The summed E-state index contributed by atoms with van der Waals surface area (Å²) in [5, 5.41) is 3.42. The maximum Gasteiger partial charge on any atom is 0.234 e. The van der Waals surface area contributed by atoms with E-state index in [0.29, 0.717) is 16.5 Å². The molecular formula is C15H14BrClN2OS. The van der Waals surface area contributed by atoms with Crippen LogP contribution in [0.4, 0.5) is 11.4 Å². The molecule has 0 bridgehead atoms. The highest BCUT2D eigenvalue weighted by molar-refractivity contribution is 9.10. The number of hydrogen-bond acceptors (Lipinski definition) is 3. The van der Waals surface area contributed by atoms with E-state index in [1.165, 1.54) is 11.8 Å². The Bertz CT molecular complexity index is 679. The Balaban J connectivity index is 1.94. The maximum atomic E-state index is 11.9. The monoisotopic (exact) mass is 384 g/mol. The lowest BCUT2D eigenvalue weighted by atomic mass is 10.2. The highest BCUT2D eigenvalue weighted by atomic mass is 79.9. The van der Waals surface area contributed by atoms with Crippen molar-refractivity contribution < 1.29 is 4.79 Å². The van der Waals surface area contributed by atoms with E-state index in [0.717, 1.165) is 20.6 Å². The number of benzene rings is 2. The van der Waals surface area contributed by atoms with Gasteiger partial charge in [-0.3, -0.25) is 4.79 Å². The van der Waals surface area contributed by atoms with Crippen molar-refractivity contribution in [1.29, 1.82) is 0 Å². The average Bonchev–Trinajstić information content (AvgIpc) is 2.42. The van der Waals surface area contributed by atoms with Crippen molar-refractivity contribution in [2.24, 2.45) is 0 Å². The lowest BCUT2D eigenvalue weighted by Gasteiger charge is -2.08. The summed E-state index contributed by atoms with van der Waals surface area (Å²) in [5.41, 5.74) is 8.10. The molecule has 0 fully saturated rings. The summed E-state index contributed by atoms with van der Waals surface area (Å²) in [7, 11) is 0. The average molecular weight is 386 g/mol. The van der Waals surface area contributed by atoms with Crippen LogP contribution in [0.25, 0.3) is 0 Å². The van der Waals surface area contributed by atoms with E-state index in [1.807, 2.05) is 31.2 Å². The van der Waals surface area contributed by atoms with E-state index in [2.05, 4.69) is 21.2 Å². The standard InChI is InChI=1S/C15H14BrClN2OS/c1-9-6-11(3-4-12(9)16)19-15(20)8-21-14-5-2-10(18)7-13(14)17/h2-7H,8,18H2,1H3,(H,19,20). The number of amides is 1. The van der Waals surface area contributed by atoms with Crippen LogP contribution in [0.1, 0.15) is 5.56 Å². The molecule has 0 spiro atoms. The van der Waals surface area contributed by atoms with Gasteiger partial charge >= 0.3 is 0 Å². The van der Waals surface area contributed by atoms with Gasteiger partial charge in [0.15, 0.2) is 0 Å². The molecule has 3 nitrogen and oxygen atoms in total. The Labute approximate surface area is 141 Å². The molecule has 0 saturated heterocycles. The number of nitrogen functional groups attached to an aromatic ring is 1. The number of carbonyl (C=O) groups excluding carboxylic acids is 1. The van der Waals surface area contributed by atoms with Gasteiger partial charge < -0.3 is 11.1 Å². The van der Waals surface area contributed by atoms with E-state index in [9.17, 15) is 4.79 Å². The number of rotatable bonds is 4. The summed E-state index contributed by atoms with van der Waals surface area (Å²) in [4.78, 5) is 12.8. The SMILES string of the molecule is Cc1cc(NC(=O)CSc2ccc(N)cc2Cl)ccc1Br. The van der Waals surface area contributed by atoms with Gasteiger partial charge in [-0.05, 0) is 48.9 Å². The first-order chi connectivity index (χ1) is 9.95. The van der Waals surface area contributed by atoms with Crippen LogP contribution in [-0.4, -0.2) is 11.7 Å². The third kappa shape index (κ3) is 4.66. The van der Waals surface area contributed by atoms with Crippen molar-refractivity contribution >= 4 is 56.6 Å². The Morgan fingerprint density at radius 3 is 2.76 bits per heavy atom. The Kier molecular flexibility index (Phi) is 5.56. The number of aryl methyl sites for hydroxylation is 1. The second-order valence-corrected chi connectivity index (χ2v) is 6.77. The van der Waals surface area contributed by atoms with Gasteiger partial charge in [-0.15, -0.1) is 11.8 Å². The van der Waals surface area contributed by atoms with Gasteiger partial charge in [0.25, 0.3) is 0 Å². The minimum absolute atomic E-state index is 0.0744. The van der Waals surface area contributed by atoms with Crippen molar-refractivity contribution in [1.82, 2.24) is 0 Å². The highest BCUT2D eigenvalue weighted by Gasteiger charge is 2.07. The third-order valence-corrected chi connectivity index (χ3v) is 5.14. The van der Waals surface area contributed by atoms with Gasteiger partial charge in [-0.25, -0.2) is 0 Å². The van der Waals surface area contributed by atoms with E-state index in [-0.39, 0.29) is 5.91 Å². The van der Waals surface area contributed by atoms with Gasteiger partial charge in [0.2, 0.25) is 5.91 Å². The van der Waals surface area contributed by atoms with E-state index >= 15 is 0 Å². The predicted molar refractivity (Wildman–Crippen MR) is 94.1 cm³/mol. The number of nitrogens with two attached hydrogens (primary N) is 1. The van der Waals surface area contributed by atoms with E-state index in [1.54, 1.807) is 12.1 Å². The lowest BCUT2D eigenvalue weighted by molar-refractivity contribution is -0.113. The van der Waals surface area contributed by atoms with Crippen LogP contribution in [0.15, 0.2) is 45.8 Å². The highest BCUT2D eigenvalue weighted by Crippen LogP contribution is 2.29.